The molecule has 0 unspecified atom stereocenters. The average molecular weight is 355 g/mol. The zero-order valence-corrected chi connectivity index (χ0v) is 13.6. The molecule has 122 valence electrons. The van der Waals surface area contributed by atoms with Crippen LogP contribution >= 0.6 is 11.3 Å². The van der Waals surface area contributed by atoms with Gasteiger partial charge in [0.05, 0.1) is 17.2 Å². The smallest absolute Gasteiger partial charge is 0.271 e. The maximum absolute atomic E-state index is 12.3. The van der Waals surface area contributed by atoms with Gasteiger partial charge in [-0.05, 0) is 18.2 Å². The third-order valence-electron chi connectivity index (χ3n) is 2.72. The number of nitro benzene ring substituents is 1. The number of nitro groups is 1. The number of nitrogens with one attached hydrogen (secondary N) is 2. The minimum atomic E-state index is -3.84. The van der Waals surface area contributed by atoms with Crippen LogP contribution in [0.15, 0.2) is 40.6 Å². The first-order chi connectivity index (χ1) is 10.8. The number of sulfonamides is 1. The van der Waals surface area contributed by atoms with Crippen molar-refractivity contribution in [3.05, 3.63) is 51.4 Å². The lowest BCUT2D eigenvalue weighted by molar-refractivity contribution is -0.384. The molecular weight excluding hydrogens is 342 g/mol. The van der Waals surface area contributed by atoms with Crippen LogP contribution in [0.25, 0.3) is 0 Å². The molecule has 8 nitrogen and oxygen atoms in total. The van der Waals surface area contributed by atoms with Gasteiger partial charge < -0.3 is 5.32 Å². The van der Waals surface area contributed by atoms with Gasteiger partial charge in [0.15, 0.2) is 0 Å². The molecule has 0 aliphatic rings. The van der Waals surface area contributed by atoms with Gasteiger partial charge in [0, 0.05) is 23.9 Å². The van der Waals surface area contributed by atoms with E-state index in [1.807, 2.05) is 0 Å². The van der Waals surface area contributed by atoms with E-state index in [1.54, 1.807) is 6.07 Å². The monoisotopic (exact) mass is 355 g/mol. The van der Waals surface area contributed by atoms with Gasteiger partial charge in [-0.1, -0.05) is 6.07 Å². The quantitative estimate of drug-likeness (QED) is 0.607. The van der Waals surface area contributed by atoms with Crippen LogP contribution in [-0.2, 0) is 21.4 Å². The molecule has 2 aromatic rings. The summed E-state index contributed by atoms with van der Waals surface area (Å²) in [4.78, 5) is 21.6. The highest BCUT2D eigenvalue weighted by Gasteiger charge is 2.18. The number of carbonyl (C=O) groups excluding carboxylic acids is 1. The molecule has 1 aromatic carbocycles. The Balaban J connectivity index is 2.17. The molecule has 0 saturated carbocycles. The van der Waals surface area contributed by atoms with Crippen LogP contribution < -0.4 is 10.0 Å². The summed E-state index contributed by atoms with van der Waals surface area (Å²) < 4.78 is 26.9. The molecule has 0 atom stereocenters. The van der Waals surface area contributed by atoms with E-state index in [-0.39, 0.29) is 28.0 Å². The van der Waals surface area contributed by atoms with Gasteiger partial charge in [-0.25, -0.2) is 8.42 Å². The van der Waals surface area contributed by atoms with Gasteiger partial charge in [0.1, 0.15) is 4.21 Å². The normalized spacial score (nSPS) is 11.0. The van der Waals surface area contributed by atoms with Crippen LogP contribution in [0.5, 0.6) is 0 Å². The van der Waals surface area contributed by atoms with Crippen molar-refractivity contribution in [3.63, 3.8) is 0 Å². The third-order valence-corrected chi connectivity index (χ3v) is 5.68. The molecule has 10 heteroatoms. The SMILES string of the molecule is CC(=O)NCc1ccc(S(=O)(=O)Nc2cccc([N+](=O)[O-])c2)s1. The Kier molecular flexibility index (Phi) is 4.96. The number of non-ortho nitro benzene ring substituents is 1. The number of nitrogens with zero attached hydrogens (tertiary/aromatic N) is 1. The van der Waals surface area contributed by atoms with Crippen molar-refractivity contribution in [3.8, 4) is 0 Å². The average Bonchev–Trinajstić information content (AvgIpc) is 2.94. The first-order valence-corrected chi connectivity index (χ1v) is 8.68. The molecule has 0 aliphatic carbocycles. The summed E-state index contributed by atoms with van der Waals surface area (Å²) in [5.41, 5.74) is -0.0984. The maximum Gasteiger partial charge on any atom is 0.271 e. The van der Waals surface area contributed by atoms with E-state index >= 15 is 0 Å². The van der Waals surface area contributed by atoms with Crippen molar-refractivity contribution in [2.45, 2.75) is 17.7 Å². The van der Waals surface area contributed by atoms with Crippen molar-refractivity contribution in [1.29, 1.82) is 0 Å². The van der Waals surface area contributed by atoms with Gasteiger partial charge >= 0.3 is 0 Å². The highest BCUT2D eigenvalue weighted by molar-refractivity contribution is 7.94. The van der Waals surface area contributed by atoms with Crippen molar-refractivity contribution >= 4 is 38.6 Å². The number of benzene rings is 1. The minimum Gasteiger partial charge on any atom is -0.351 e. The second-order valence-corrected chi connectivity index (χ2v) is 7.62. The zero-order valence-electron chi connectivity index (χ0n) is 12.0. The summed E-state index contributed by atoms with van der Waals surface area (Å²) in [5, 5.41) is 13.3. The van der Waals surface area contributed by atoms with Crippen LogP contribution in [0.1, 0.15) is 11.8 Å². The molecule has 0 fully saturated rings. The van der Waals surface area contributed by atoms with Crippen molar-refractivity contribution in [2.24, 2.45) is 0 Å². The minimum absolute atomic E-state index is 0.0596. The summed E-state index contributed by atoms with van der Waals surface area (Å²) in [6, 6.07) is 8.25. The van der Waals surface area contributed by atoms with Crippen LogP contribution in [0.4, 0.5) is 11.4 Å². The highest BCUT2D eigenvalue weighted by Crippen LogP contribution is 2.25. The number of rotatable bonds is 6. The number of carbonyl (C=O) groups is 1. The van der Waals surface area contributed by atoms with E-state index < -0.39 is 14.9 Å². The Hall–Kier alpha value is -2.46. The van der Waals surface area contributed by atoms with Gasteiger partial charge in [0.2, 0.25) is 5.91 Å². The highest BCUT2D eigenvalue weighted by atomic mass is 32.2. The fraction of sp³-hybridized carbons (Fsp3) is 0.154. The second kappa shape index (κ2) is 6.75. The topological polar surface area (TPSA) is 118 Å². The second-order valence-electron chi connectivity index (χ2n) is 4.54. The third kappa shape index (κ3) is 4.50. The summed E-state index contributed by atoms with van der Waals surface area (Å²) in [5.74, 6) is -0.211. The standard InChI is InChI=1S/C13H13N3O5S2/c1-9(17)14-8-12-5-6-13(22-12)23(20,21)15-10-3-2-4-11(7-10)16(18)19/h2-7,15H,8H2,1H3,(H,14,17). The number of amides is 1. The van der Waals surface area contributed by atoms with Crippen LogP contribution in [0, 0.1) is 10.1 Å². The van der Waals surface area contributed by atoms with Crippen molar-refractivity contribution in [1.82, 2.24) is 5.32 Å². The first kappa shape index (κ1) is 16.9. The van der Waals surface area contributed by atoms with E-state index in [2.05, 4.69) is 10.0 Å². The molecule has 0 radical (unpaired) electrons. The van der Waals surface area contributed by atoms with Gasteiger partial charge in [-0.2, -0.15) is 0 Å². The predicted molar refractivity (Wildman–Crippen MR) is 85.7 cm³/mol. The molecule has 1 amide bonds. The van der Waals surface area contributed by atoms with Crippen LogP contribution in [-0.4, -0.2) is 19.2 Å². The predicted octanol–water partition coefficient (Wildman–Crippen LogP) is 2.09. The van der Waals surface area contributed by atoms with E-state index in [1.165, 1.54) is 31.2 Å². The lowest BCUT2D eigenvalue weighted by Gasteiger charge is -2.05. The van der Waals surface area contributed by atoms with E-state index in [9.17, 15) is 23.3 Å². The maximum atomic E-state index is 12.3. The molecule has 0 bridgehead atoms. The zero-order chi connectivity index (χ0) is 17.0. The fourth-order valence-corrected chi connectivity index (χ4v) is 4.04. The van der Waals surface area contributed by atoms with Gasteiger partial charge in [-0.15, -0.1) is 11.3 Å². The Bertz CT molecular complexity index is 845. The Labute approximate surface area is 136 Å². The molecule has 1 aromatic heterocycles. The van der Waals surface area contributed by atoms with Crippen molar-refractivity contribution < 1.29 is 18.1 Å². The number of hydrogen-bond acceptors (Lipinski definition) is 6. The Morgan fingerprint density at radius 3 is 2.70 bits per heavy atom. The van der Waals surface area contributed by atoms with Gasteiger partial charge in [0.25, 0.3) is 15.7 Å². The van der Waals surface area contributed by atoms with Gasteiger partial charge in [-0.3, -0.25) is 19.6 Å². The molecule has 0 spiro atoms. The first-order valence-electron chi connectivity index (χ1n) is 6.38. The summed E-state index contributed by atoms with van der Waals surface area (Å²) in [7, 11) is -3.84. The summed E-state index contributed by atoms with van der Waals surface area (Å²) in [6.07, 6.45) is 0. The van der Waals surface area contributed by atoms with Crippen LogP contribution in [0.2, 0.25) is 0 Å². The lowest BCUT2D eigenvalue weighted by atomic mass is 10.3. The fourth-order valence-electron chi connectivity index (χ4n) is 1.70. The number of thiophene rings is 1. The van der Waals surface area contributed by atoms with Crippen LogP contribution in [0.3, 0.4) is 0 Å². The largest absolute Gasteiger partial charge is 0.351 e. The summed E-state index contributed by atoms with van der Waals surface area (Å²) in [6.45, 7) is 1.61. The lowest BCUT2D eigenvalue weighted by Crippen LogP contribution is -2.18. The molecule has 0 saturated heterocycles. The molecular formula is C13H13N3O5S2. The Morgan fingerprint density at radius 1 is 1.30 bits per heavy atom. The van der Waals surface area contributed by atoms with Crippen molar-refractivity contribution in [2.75, 3.05) is 4.72 Å². The molecule has 1 heterocycles. The van der Waals surface area contributed by atoms with E-state index in [0.717, 1.165) is 17.4 Å². The number of hydrogen-bond donors (Lipinski definition) is 2. The molecule has 2 rings (SSSR count). The van der Waals surface area contributed by atoms with E-state index in [0.29, 0.717) is 4.88 Å². The molecule has 23 heavy (non-hydrogen) atoms. The van der Waals surface area contributed by atoms with E-state index in [4.69, 9.17) is 0 Å². The molecule has 2 N–H and O–H groups in total. The molecule has 0 aliphatic heterocycles. The number of anilines is 1. The summed E-state index contributed by atoms with van der Waals surface area (Å²) >= 11 is 1.01. The Morgan fingerprint density at radius 2 is 2.04 bits per heavy atom.